The van der Waals surface area contributed by atoms with E-state index >= 15 is 0 Å². The molecule has 3 nitrogen and oxygen atoms in total. The predicted octanol–water partition coefficient (Wildman–Crippen LogP) is 2.16. The largest absolute Gasteiger partial charge is 0.395 e. The summed E-state index contributed by atoms with van der Waals surface area (Å²) < 4.78 is 0. The molecule has 0 amide bonds. The van der Waals surface area contributed by atoms with Crippen molar-refractivity contribution in [3.8, 4) is 6.07 Å². The fourth-order valence-corrected chi connectivity index (χ4v) is 2.33. The Hall–Kier alpha value is -0.590. The summed E-state index contributed by atoms with van der Waals surface area (Å²) in [6, 6.07) is 2.73. The number of aliphatic hydroxyl groups excluding tert-OH is 1. The summed E-state index contributed by atoms with van der Waals surface area (Å²) in [6.07, 6.45) is 5.58. The second-order valence-electron chi connectivity index (χ2n) is 5.47. The van der Waals surface area contributed by atoms with Crippen LogP contribution in [0.3, 0.4) is 0 Å². The zero-order chi connectivity index (χ0) is 12.0. The third-order valence-corrected chi connectivity index (χ3v) is 3.51. The lowest BCUT2D eigenvalue weighted by atomic mass is 9.89. The van der Waals surface area contributed by atoms with Crippen LogP contribution in [0.5, 0.6) is 0 Å². The first-order valence-electron chi connectivity index (χ1n) is 6.35. The summed E-state index contributed by atoms with van der Waals surface area (Å²) in [6.45, 7) is 6.50. The van der Waals surface area contributed by atoms with Crippen molar-refractivity contribution in [3.63, 3.8) is 0 Å². The summed E-state index contributed by atoms with van der Waals surface area (Å²) in [7, 11) is 0. The number of hydrogen-bond donors (Lipinski definition) is 1. The third-order valence-electron chi connectivity index (χ3n) is 3.51. The number of unbranched alkanes of at least 4 members (excludes halogenated alkanes) is 1. The Morgan fingerprint density at radius 2 is 2.19 bits per heavy atom. The Morgan fingerprint density at radius 1 is 1.44 bits per heavy atom. The molecule has 3 heteroatoms. The van der Waals surface area contributed by atoms with Gasteiger partial charge in [-0.3, -0.25) is 4.90 Å². The SMILES string of the molecule is CC(C)(C#N)CCCCN1CCCC1CO. The minimum absolute atomic E-state index is 0.179. The van der Waals surface area contributed by atoms with Crippen molar-refractivity contribution in [2.24, 2.45) is 5.41 Å². The second-order valence-corrected chi connectivity index (χ2v) is 5.47. The lowest BCUT2D eigenvalue weighted by Gasteiger charge is -2.23. The number of hydrogen-bond acceptors (Lipinski definition) is 3. The number of likely N-dealkylation sites (tertiary alicyclic amines) is 1. The van der Waals surface area contributed by atoms with Gasteiger partial charge in [0.05, 0.1) is 18.1 Å². The lowest BCUT2D eigenvalue weighted by Crippen LogP contribution is -2.33. The Bertz CT molecular complexity index is 245. The topological polar surface area (TPSA) is 47.3 Å². The van der Waals surface area contributed by atoms with E-state index < -0.39 is 0 Å². The highest BCUT2D eigenvalue weighted by Crippen LogP contribution is 2.23. The molecule has 0 spiro atoms. The minimum Gasteiger partial charge on any atom is -0.395 e. The molecule has 0 aromatic rings. The summed E-state index contributed by atoms with van der Waals surface area (Å²) in [4.78, 5) is 2.39. The van der Waals surface area contributed by atoms with Gasteiger partial charge in [0.2, 0.25) is 0 Å². The van der Waals surface area contributed by atoms with Gasteiger partial charge >= 0.3 is 0 Å². The molecule has 1 unspecified atom stereocenters. The molecule has 1 atom stereocenters. The summed E-state index contributed by atoms with van der Waals surface area (Å²) in [5.41, 5.74) is -0.179. The highest BCUT2D eigenvalue weighted by atomic mass is 16.3. The number of nitriles is 1. The quantitative estimate of drug-likeness (QED) is 0.703. The summed E-state index contributed by atoms with van der Waals surface area (Å²) >= 11 is 0. The summed E-state index contributed by atoms with van der Waals surface area (Å²) in [5, 5.41) is 18.1. The van der Waals surface area contributed by atoms with Crippen molar-refractivity contribution in [1.29, 1.82) is 5.26 Å². The maximum Gasteiger partial charge on any atom is 0.0683 e. The standard InChI is InChI=1S/C13H24N2O/c1-13(2,11-14)7-3-4-8-15-9-5-6-12(15)10-16/h12,16H,3-10H2,1-2H3. The van der Waals surface area contributed by atoms with Gasteiger partial charge < -0.3 is 5.11 Å². The van der Waals surface area contributed by atoms with Gasteiger partial charge in [0, 0.05) is 6.04 Å². The molecule has 0 radical (unpaired) electrons. The van der Waals surface area contributed by atoms with Crippen LogP contribution in [0.2, 0.25) is 0 Å². The van der Waals surface area contributed by atoms with Crippen LogP contribution in [0, 0.1) is 16.7 Å². The highest BCUT2D eigenvalue weighted by molar-refractivity contribution is 4.91. The highest BCUT2D eigenvalue weighted by Gasteiger charge is 2.23. The molecule has 1 fully saturated rings. The molecule has 0 aliphatic carbocycles. The van der Waals surface area contributed by atoms with Crippen molar-refractivity contribution in [1.82, 2.24) is 4.90 Å². The van der Waals surface area contributed by atoms with E-state index in [0.29, 0.717) is 12.6 Å². The molecule has 0 bridgehead atoms. The first kappa shape index (κ1) is 13.5. The first-order chi connectivity index (χ1) is 7.59. The fraction of sp³-hybridized carbons (Fsp3) is 0.923. The van der Waals surface area contributed by atoms with Crippen molar-refractivity contribution >= 4 is 0 Å². The molecule has 16 heavy (non-hydrogen) atoms. The van der Waals surface area contributed by atoms with E-state index in [1.165, 1.54) is 6.42 Å². The molecular formula is C13H24N2O. The van der Waals surface area contributed by atoms with Gasteiger partial charge in [-0.25, -0.2) is 0 Å². The zero-order valence-electron chi connectivity index (χ0n) is 10.6. The maximum absolute atomic E-state index is 9.18. The van der Waals surface area contributed by atoms with E-state index in [4.69, 9.17) is 5.26 Å². The molecule has 0 aromatic heterocycles. The van der Waals surface area contributed by atoms with Crippen molar-refractivity contribution < 1.29 is 5.11 Å². The Kier molecular flexibility index (Phi) is 5.24. The van der Waals surface area contributed by atoms with Crippen LogP contribution in [0.15, 0.2) is 0 Å². The number of aliphatic hydroxyl groups is 1. The first-order valence-corrected chi connectivity index (χ1v) is 6.35. The Balaban J connectivity index is 2.14. The molecule has 1 saturated heterocycles. The molecule has 1 aliphatic heterocycles. The van der Waals surface area contributed by atoms with Crippen LogP contribution in [-0.4, -0.2) is 35.7 Å². The van der Waals surface area contributed by atoms with Gasteiger partial charge in [-0.2, -0.15) is 5.26 Å². The van der Waals surface area contributed by atoms with Gasteiger partial charge in [0.15, 0.2) is 0 Å². The third kappa shape index (κ3) is 4.11. The van der Waals surface area contributed by atoms with E-state index in [1.54, 1.807) is 0 Å². The van der Waals surface area contributed by atoms with Crippen LogP contribution in [-0.2, 0) is 0 Å². The van der Waals surface area contributed by atoms with Crippen LogP contribution in [0.25, 0.3) is 0 Å². The number of nitrogens with zero attached hydrogens (tertiary/aromatic N) is 2. The van der Waals surface area contributed by atoms with Crippen LogP contribution in [0.4, 0.5) is 0 Å². The van der Waals surface area contributed by atoms with E-state index in [1.807, 2.05) is 13.8 Å². The minimum atomic E-state index is -0.179. The molecular weight excluding hydrogens is 200 g/mol. The molecule has 1 heterocycles. The van der Waals surface area contributed by atoms with Crippen LogP contribution >= 0.6 is 0 Å². The van der Waals surface area contributed by atoms with E-state index in [0.717, 1.165) is 38.8 Å². The Morgan fingerprint density at radius 3 is 2.81 bits per heavy atom. The zero-order valence-corrected chi connectivity index (χ0v) is 10.6. The smallest absolute Gasteiger partial charge is 0.0683 e. The Labute approximate surface area is 99.1 Å². The number of rotatable bonds is 6. The predicted molar refractivity (Wildman–Crippen MR) is 64.9 cm³/mol. The van der Waals surface area contributed by atoms with Gasteiger partial charge in [-0.1, -0.05) is 6.42 Å². The molecule has 1 aliphatic rings. The van der Waals surface area contributed by atoms with Crippen LogP contribution in [0.1, 0.15) is 46.0 Å². The molecule has 1 rings (SSSR count). The molecule has 92 valence electrons. The molecule has 1 N–H and O–H groups in total. The molecule has 0 saturated carbocycles. The average Bonchev–Trinajstić information content (AvgIpc) is 2.72. The van der Waals surface area contributed by atoms with Crippen LogP contribution < -0.4 is 0 Å². The van der Waals surface area contributed by atoms with Gasteiger partial charge in [0.25, 0.3) is 0 Å². The van der Waals surface area contributed by atoms with Gasteiger partial charge in [0.1, 0.15) is 0 Å². The summed E-state index contributed by atoms with van der Waals surface area (Å²) in [5.74, 6) is 0. The van der Waals surface area contributed by atoms with E-state index in [2.05, 4.69) is 11.0 Å². The average molecular weight is 224 g/mol. The monoisotopic (exact) mass is 224 g/mol. The fourth-order valence-electron chi connectivity index (χ4n) is 2.33. The lowest BCUT2D eigenvalue weighted by molar-refractivity contribution is 0.156. The van der Waals surface area contributed by atoms with Crippen molar-refractivity contribution in [2.75, 3.05) is 19.7 Å². The second kappa shape index (κ2) is 6.22. The van der Waals surface area contributed by atoms with Crippen molar-refractivity contribution in [3.05, 3.63) is 0 Å². The normalized spacial score (nSPS) is 22.2. The van der Waals surface area contributed by atoms with Gasteiger partial charge in [-0.05, 0) is 52.6 Å². The maximum atomic E-state index is 9.18. The van der Waals surface area contributed by atoms with Crippen molar-refractivity contribution in [2.45, 2.75) is 52.0 Å². The van der Waals surface area contributed by atoms with Gasteiger partial charge in [-0.15, -0.1) is 0 Å². The van der Waals surface area contributed by atoms with E-state index in [9.17, 15) is 5.11 Å². The molecule has 0 aromatic carbocycles. The van der Waals surface area contributed by atoms with E-state index in [-0.39, 0.29) is 5.41 Å².